The van der Waals surface area contributed by atoms with Gasteiger partial charge in [0.2, 0.25) is 20.2 Å². The van der Waals surface area contributed by atoms with Crippen molar-refractivity contribution in [3.8, 4) is 11.5 Å². The van der Waals surface area contributed by atoms with E-state index in [0.29, 0.717) is 11.1 Å². The summed E-state index contributed by atoms with van der Waals surface area (Å²) in [6, 6.07) is 13.1. The molecule has 0 unspecified atom stereocenters. The minimum atomic E-state index is -3.75. The van der Waals surface area contributed by atoms with Gasteiger partial charge in [0.15, 0.2) is 11.5 Å². The zero-order valence-electron chi connectivity index (χ0n) is 18.0. The minimum Gasteiger partial charge on any atom is -0.490 e. The van der Waals surface area contributed by atoms with Gasteiger partial charge in [-0.1, -0.05) is 24.3 Å². The number of amidine groups is 3. The fourth-order valence-corrected chi connectivity index (χ4v) is 4.95. The van der Waals surface area contributed by atoms with E-state index in [4.69, 9.17) is 14.9 Å². The second-order valence-electron chi connectivity index (χ2n) is 7.07. The molecule has 0 spiro atoms. The lowest BCUT2D eigenvalue weighted by atomic mass is 10.1. The van der Waals surface area contributed by atoms with Crippen LogP contribution in [0.5, 0.6) is 11.5 Å². The number of aliphatic imine (C=N–C) groups is 1. The molecule has 174 valence electrons. The lowest BCUT2D eigenvalue weighted by Crippen LogP contribution is -2.45. The van der Waals surface area contributed by atoms with E-state index in [2.05, 4.69) is 9.39 Å². The Labute approximate surface area is 199 Å². The van der Waals surface area contributed by atoms with Crippen LogP contribution >= 0.6 is 11.9 Å². The Bertz CT molecular complexity index is 1400. The number of nitrogens with one attached hydrogen (secondary N) is 1. The Morgan fingerprint density at radius 3 is 2.59 bits per heavy atom. The van der Waals surface area contributed by atoms with Crippen LogP contribution in [-0.4, -0.2) is 54.2 Å². The molecule has 0 fully saturated rings. The molecule has 0 saturated carbocycles. The van der Waals surface area contributed by atoms with Crippen molar-refractivity contribution in [3.05, 3.63) is 65.2 Å². The smallest absolute Gasteiger partial charge is 0.343 e. The van der Waals surface area contributed by atoms with Crippen LogP contribution in [0.1, 0.15) is 22.8 Å². The zero-order chi connectivity index (χ0) is 24.5. The molecular weight excluding hydrogens is 480 g/mol. The van der Waals surface area contributed by atoms with Crippen LogP contribution in [0.2, 0.25) is 0 Å². The summed E-state index contributed by atoms with van der Waals surface area (Å²) in [7, 11) is -3.75. The lowest BCUT2D eigenvalue weighted by molar-refractivity contribution is -0.114. The van der Waals surface area contributed by atoms with E-state index in [1.165, 1.54) is 12.1 Å². The Kier molecular flexibility index (Phi) is 6.35. The highest BCUT2D eigenvalue weighted by Gasteiger charge is 2.41. The van der Waals surface area contributed by atoms with Gasteiger partial charge in [-0.15, -0.1) is 0 Å². The summed E-state index contributed by atoms with van der Waals surface area (Å²) in [6.07, 6.45) is 2.35. The molecule has 2 aliphatic heterocycles. The van der Waals surface area contributed by atoms with Crippen LogP contribution in [0.4, 0.5) is 0 Å². The third kappa shape index (κ3) is 4.63. The molecule has 4 rings (SSSR count). The fraction of sp³-hybridized carbons (Fsp3) is 0.136. The summed E-state index contributed by atoms with van der Waals surface area (Å²) >= 11 is 0.719. The molecule has 0 atom stereocenters. The van der Waals surface area contributed by atoms with Gasteiger partial charge >= 0.3 is 5.97 Å². The summed E-state index contributed by atoms with van der Waals surface area (Å²) < 4.78 is 39.0. The maximum absolute atomic E-state index is 12.6. The molecule has 0 aromatic heterocycles. The van der Waals surface area contributed by atoms with Crippen LogP contribution in [0.15, 0.2) is 63.5 Å². The van der Waals surface area contributed by atoms with Crippen LogP contribution in [0.25, 0.3) is 6.08 Å². The monoisotopic (exact) mass is 498 g/mol. The molecule has 12 heteroatoms. The quantitative estimate of drug-likeness (QED) is 0.287. The molecule has 2 aromatic rings. The molecule has 34 heavy (non-hydrogen) atoms. The summed E-state index contributed by atoms with van der Waals surface area (Å²) in [6.45, 7) is 2.05. The van der Waals surface area contributed by atoms with Crippen LogP contribution in [0, 0.1) is 5.41 Å². The average molecular weight is 499 g/mol. The highest BCUT2D eigenvalue weighted by molar-refractivity contribution is 8.16. The van der Waals surface area contributed by atoms with Gasteiger partial charge < -0.3 is 9.47 Å². The van der Waals surface area contributed by atoms with Crippen LogP contribution < -0.4 is 9.47 Å². The molecule has 0 radical (unpaired) electrons. The number of benzene rings is 2. The normalized spacial score (nSPS) is 16.8. The van der Waals surface area contributed by atoms with Crippen molar-refractivity contribution in [2.75, 3.05) is 12.9 Å². The Balaban J connectivity index is 1.66. The third-order valence-electron chi connectivity index (χ3n) is 4.62. The summed E-state index contributed by atoms with van der Waals surface area (Å²) in [5, 5.41) is 8.07. The molecule has 10 nitrogen and oxygen atoms in total. The molecular formula is C22H18N4O6S2. The number of carbonyl (C=O) groups is 2. The first kappa shape index (κ1) is 23.4. The molecule has 1 N–H and O–H groups in total. The number of nitrogens with zero attached hydrogens (tertiary/aromatic N) is 3. The number of hydrogen-bond acceptors (Lipinski definition) is 9. The van der Waals surface area contributed by atoms with Gasteiger partial charge in [-0.3, -0.25) is 10.2 Å². The highest BCUT2D eigenvalue weighted by atomic mass is 32.2. The van der Waals surface area contributed by atoms with Gasteiger partial charge in [0.1, 0.15) is 5.84 Å². The number of amides is 1. The number of esters is 1. The van der Waals surface area contributed by atoms with Crippen molar-refractivity contribution < 1.29 is 27.5 Å². The Morgan fingerprint density at radius 2 is 1.91 bits per heavy atom. The third-order valence-corrected chi connectivity index (χ3v) is 6.37. The number of sulfone groups is 1. The molecule has 1 amide bonds. The first-order valence-corrected chi connectivity index (χ1v) is 12.6. The predicted octanol–water partition coefficient (Wildman–Crippen LogP) is 2.93. The van der Waals surface area contributed by atoms with Gasteiger partial charge in [-0.25, -0.2) is 18.1 Å². The first-order chi connectivity index (χ1) is 16.2. The largest absolute Gasteiger partial charge is 0.490 e. The lowest BCUT2D eigenvalue weighted by Gasteiger charge is -2.23. The van der Waals surface area contributed by atoms with E-state index in [1.807, 2.05) is 0 Å². The van der Waals surface area contributed by atoms with Crippen molar-refractivity contribution >= 4 is 55.9 Å². The van der Waals surface area contributed by atoms with Gasteiger partial charge in [0, 0.05) is 6.26 Å². The zero-order valence-corrected chi connectivity index (χ0v) is 19.6. The van der Waals surface area contributed by atoms with Gasteiger partial charge in [0.25, 0.3) is 5.91 Å². The summed E-state index contributed by atoms with van der Waals surface area (Å²) in [4.78, 5) is 29.9. The highest BCUT2D eigenvalue weighted by Crippen LogP contribution is 2.32. The second-order valence-corrected chi connectivity index (χ2v) is 9.71. The Morgan fingerprint density at radius 1 is 1.18 bits per heavy atom. The van der Waals surface area contributed by atoms with Crippen LogP contribution in [0.3, 0.4) is 0 Å². The fourth-order valence-electron chi connectivity index (χ4n) is 3.10. The van der Waals surface area contributed by atoms with E-state index < -0.39 is 21.7 Å². The minimum absolute atomic E-state index is 0.00533. The maximum atomic E-state index is 12.6. The van der Waals surface area contributed by atoms with Crippen molar-refractivity contribution in [2.45, 2.75) is 6.92 Å². The number of rotatable bonds is 5. The van der Waals surface area contributed by atoms with E-state index in [0.717, 1.165) is 23.1 Å². The van der Waals surface area contributed by atoms with Crippen molar-refractivity contribution in [1.82, 2.24) is 4.90 Å². The number of ether oxygens (including phenoxy) is 2. The first-order valence-electron chi connectivity index (χ1n) is 9.92. The van der Waals surface area contributed by atoms with Crippen molar-refractivity contribution in [1.29, 1.82) is 5.41 Å². The van der Waals surface area contributed by atoms with Crippen molar-refractivity contribution in [2.24, 2.45) is 9.39 Å². The van der Waals surface area contributed by atoms with E-state index in [-0.39, 0.29) is 39.8 Å². The molecule has 2 aliphatic rings. The van der Waals surface area contributed by atoms with Gasteiger partial charge in [-0.2, -0.15) is 9.39 Å². The standard InChI is InChI=1S/C22H18N4O6S2/c1-3-31-17-12-13(9-10-16(17)32-20(28)14-7-5-4-6-8-14)11-15-18(23)26-21(24-19(15)27)33-25-22(26)34(2,29)30/h4-12,23H,3H2,1-2H3/b15-11-,23-18?. The van der Waals surface area contributed by atoms with E-state index in [9.17, 15) is 18.0 Å². The number of carbonyl (C=O) groups excluding carboxylic acids is 2. The SMILES string of the molecule is CCOc1cc(/C=C2/C(=N)N3C(=NC2=O)SN=C3S(C)(=O)=O)ccc1OC(=O)c1ccccc1. The molecule has 2 aromatic carbocycles. The molecule has 0 aliphatic carbocycles. The summed E-state index contributed by atoms with van der Waals surface area (Å²) in [5.41, 5.74) is 0.705. The average Bonchev–Trinajstić information content (AvgIpc) is 3.23. The van der Waals surface area contributed by atoms with Gasteiger partial charge in [0.05, 0.1) is 29.7 Å². The topological polar surface area (TPSA) is 139 Å². The van der Waals surface area contributed by atoms with Crippen molar-refractivity contribution in [3.63, 3.8) is 0 Å². The maximum Gasteiger partial charge on any atom is 0.343 e. The Hall–Kier alpha value is -3.77. The predicted molar refractivity (Wildman–Crippen MR) is 129 cm³/mol. The van der Waals surface area contributed by atoms with Gasteiger partial charge in [-0.05, 0) is 42.8 Å². The van der Waals surface area contributed by atoms with E-state index >= 15 is 0 Å². The number of hydrogen-bond donors (Lipinski definition) is 1. The molecule has 0 bridgehead atoms. The summed E-state index contributed by atoms with van der Waals surface area (Å²) in [5.74, 6) is -1.17. The van der Waals surface area contributed by atoms with Crippen LogP contribution in [-0.2, 0) is 14.6 Å². The molecule has 2 heterocycles. The van der Waals surface area contributed by atoms with E-state index in [1.54, 1.807) is 49.4 Å². The molecule has 0 saturated heterocycles. The second kappa shape index (κ2) is 9.23. The number of fused-ring (bicyclic) bond motifs is 1.